The number of hydrogen-bond acceptors (Lipinski definition) is 6. The van der Waals surface area contributed by atoms with Crippen LogP contribution in [0, 0.1) is 27.7 Å². The number of carbonyl (C=O) groups excluding carboxylic acids is 1. The van der Waals surface area contributed by atoms with Gasteiger partial charge in [-0.3, -0.25) is 9.48 Å². The fourth-order valence-electron chi connectivity index (χ4n) is 7.92. The maximum absolute atomic E-state index is 15.1. The van der Waals surface area contributed by atoms with Gasteiger partial charge in [0.15, 0.2) is 6.33 Å². The summed E-state index contributed by atoms with van der Waals surface area (Å²) in [6.07, 6.45) is 4.75. The molecule has 0 saturated carbocycles. The summed E-state index contributed by atoms with van der Waals surface area (Å²) in [6.45, 7) is 11.1. The zero-order chi connectivity index (χ0) is 36.6. The van der Waals surface area contributed by atoms with Crippen LogP contribution in [-0.2, 0) is 20.5 Å². The van der Waals surface area contributed by atoms with Gasteiger partial charge < -0.3 is 18.8 Å². The van der Waals surface area contributed by atoms with Gasteiger partial charge in [0.1, 0.15) is 11.4 Å². The Balaban J connectivity index is 1.26. The molecule has 11 nitrogen and oxygen atoms in total. The molecule has 0 fully saturated rings. The van der Waals surface area contributed by atoms with Crippen molar-refractivity contribution >= 4 is 56.6 Å². The molecule has 1 aliphatic heterocycles. The van der Waals surface area contributed by atoms with Crippen molar-refractivity contribution in [3.63, 3.8) is 0 Å². The number of tetrazole rings is 1. The molecule has 8 rings (SSSR count). The Bertz CT molecular complexity index is 2520. The molecule has 0 saturated heterocycles. The first kappa shape index (κ1) is 34.0. The quantitative estimate of drug-likeness (QED) is 0.146. The summed E-state index contributed by atoms with van der Waals surface area (Å²) in [6, 6.07) is 13.9. The highest BCUT2D eigenvalue weighted by Gasteiger charge is 2.37. The summed E-state index contributed by atoms with van der Waals surface area (Å²) >= 11 is 13.5. The minimum absolute atomic E-state index is 0.0624. The van der Waals surface area contributed by atoms with Crippen LogP contribution in [0.1, 0.15) is 58.0 Å². The Kier molecular flexibility index (Phi) is 8.38. The minimum Gasteiger partial charge on any atom is -0.494 e. The van der Waals surface area contributed by atoms with Crippen molar-refractivity contribution < 1.29 is 9.53 Å². The molecule has 1 amide bonds. The van der Waals surface area contributed by atoms with Crippen molar-refractivity contribution in [3.05, 3.63) is 98.8 Å². The number of halogens is 2. The predicted octanol–water partition coefficient (Wildman–Crippen LogP) is 8.28. The van der Waals surface area contributed by atoms with Crippen LogP contribution >= 0.6 is 23.2 Å². The molecule has 3 aromatic carbocycles. The van der Waals surface area contributed by atoms with Crippen molar-refractivity contribution in [2.75, 3.05) is 18.1 Å². The van der Waals surface area contributed by atoms with Crippen molar-refractivity contribution in [2.24, 2.45) is 14.1 Å². The number of carbonyl (C=O) groups is 1. The predicted molar refractivity (Wildman–Crippen MR) is 205 cm³/mol. The Hall–Kier alpha value is -5.13. The molecule has 0 radical (unpaired) electrons. The fourth-order valence-corrected chi connectivity index (χ4v) is 8.28. The van der Waals surface area contributed by atoms with Crippen LogP contribution in [-0.4, -0.2) is 58.2 Å². The van der Waals surface area contributed by atoms with E-state index in [4.69, 9.17) is 33.0 Å². The average Bonchev–Trinajstić information content (AvgIpc) is 3.89. The lowest BCUT2D eigenvalue weighted by molar-refractivity contribution is 0.0957. The fraction of sp³-hybridized carbons (Fsp3) is 0.308. The number of hydrogen-bond donors (Lipinski definition) is 0. The van der Waals surface area contributed by atoms with Gasteiger partial charge >= 0.3 is 0 Å². The van der Waals surface area contributed by atoms with Crippen LogP contribution in [0.2, 0.25) is 10.0 Å². The molecule has 13 heteroatoms. The number of aromatic nitrogens is 8. The maximum atomic E-state index is 15.1. The van der Waals surface area contributed by atoms with Crippen LogP contribution in [0.4, 0.5) is 5.69 Å². The van der Waals surface area contributed by atoms with Crippen molar-refractivity contribution in [3.8, 4) is 22.6 Å². The third kappa shape index (κ3) is 5.37. The molecule has 0 bridgehead atoms. The Labute approximate surface area is 311 Å². The maximum Gasteiger partial charge on any atom is 0.275 e. The van der Waals surface area contributed by atoms with Gasteiger partial charge in [-0.05, 0) is 106 Å². The second kappa shape index (κ2) is 12.8. The van der Waals surface area contributed by atoms with E-state index < -0.39 is 0 Å². The number of anilines is 1. The second-order valence-electron chi connectivity index (χ2n) is 13.8. The monoisotopic (exact) mass is 735 g/mol. The highest BCUT2D eigenvalue weighted by Crippen LogP contribution is 2.45. The van der Waals surface area contributed by atoms with Gasteiger partial charge in [0.2, 0.25) is 0 Å². The van der Waals surface area contributed by atoms with Gasteiger partial charge in [-0.25, -0.2) is 0 Å². The lowest BCUT2D eigenvalue weighted by Gasteiger charge is -2.34. The van der Waals surface area contributed by atoms with E-state index in [1.165, 1.54) is 11.1 Å². The van der Waals surface area contributed by atoms with Gasteiger partial charge in [0, 0.05) is 65.5 Å². The molecule has 7 aromatic rings. The third-order valence-corrected chi connectivity index (χ3v) is 11.3. The van der Waals surface area contributed by atoms with Crippen LogP contribution in [0.25, 0.3) is 38.6 Å². The summed E-state index contributed by atoms with van der Waals surface area (Å²) in [7, 11) is 3.94. The number of nitrogens with zero attached hydrogens (tertiary/aromatic N) is 9. The van der Waals surface area contributed by atoms with E-state index >= 15 is 4.79 Å². The smallest absolute Gasteiger partial charge is 0.275 e. The van der Waals surface area contributed by atoms with Crippen LogP contribution < -0.4 is 9.64 Å². The Morgan fingerprint density at radius 2 is 1.73 bits per heavy atom. The Morgan fingerprint density at radius 3 is 2.42 bits per heavy atom. The van der Waals surface area contributed by atoms with E-state index in [1.54, 1.807) is 0 Å². The van der Waals surface area contributed by atoms with Gasteiger partial charge in [-0.1, -0.05) is 29.3 Å². The molecular formula is C39H39Cl2N9O2. The van der Waals surface area contributed by atoms with Crippen LogP contribution in [0.3, 0.4) is 0 Å². The molecule has 52 heavy (non-hydrogen) atoms. The highest BCUT2D eigenvalue weighted by atomic mass is 35.5. The number of rotatable bonds is 8. The topological polar surface area (TPSA) is 101 Å². The van der Waals surface area contributed by atoms with E-state index in [9.17, 15) is 0 Å². The standard InChI is InChI=1S/C39H39Cl2N9O2/c1-21-15-27(16-22(2)36(21)41)52-14-8-9-28-29-11-12-31(40)35(34-24(4)44-47(7)25(34)5)37(29)49-23(3)18-48(39(51)38(28)49)33-19-46(6)32-13-10-26(17-30(32)33)50-43-20-42-45-50/h10-13,15-17,19-20,23H,8-9,14,18H2,1-7H3. The van der Waals surface area contributed by atoms with E-state index in [2.05, 4.69) is 44.5 Å². The van der Waals surface area contributed by atoms with Gasteiger partial charge in [0.05, 0.1) is 39.7 Å². The minimum atomic E-state index is -0.0786. The van der Waals surface area contributed by atoms with E-state index in [0.29, 0.717) is 36.7 Å². The molecule has 1 atom stereocenters. The van der Waals surface area contributed by atoms with Crippen molar-refractivity contribution in [2.45, 2.75) is 53.5 Å². The molecule has 0 spiro atoms. The van der Waals surface area contributed by atoms with E-state index in [1.807, 2.05) is 87.0 Å². The second-order valence-corrected chi connectivity index (χ2v) is 14.6. The lowest BCUT2D eigenvalue weighted by atomic mass is 9.98. The van der Waals surface area contributed by atoms with Gasteiger partial charge in [0.25, 0.3) is 5.91 Å². The molecule has 4 aromatic heterocycles. The number of fused-ring (bicyclic) bond motifs is 4. The summed E-state index contributed by atoms with van der Waals surface area (Å²) in [5.74, 6) is 0.722. The van der Waals surface area contributed by atoms with Crippen LogP contribution in [0.5, 0.6) is 5.75 Å². The molecule has 1 aliphatic rings. The van der Waals surface area contributed by atoms with Crippen molar-refractivity contribution in [1.29, 1.82) is 0 Å². The highest BCUT2D eigenvalue weighted by molar-refractivity contribution is 6.35. The molecular weight excluding hydrogens is 697 g/mol. The summed E-state index contributed by atoms with van der Waals surface area (Å²) in [4.78, 5) is 18.5. The Morgan fingerprint density at radius 1 is 0.962 bits per heavy atom. The SMILES string of the molecule is Cc1cc(OCCCc2c3n(c4c(-c5c(C)nn(C)c5C)c(Cl)ccc24)C(C)CN(c2cn(C)c4ccc(-n5ncnn5)cc24)C3=O)cc(C)c1Cl. The van der Waals surface area contributed by atoms with Gasteiger partial charge in [-0.15, -0.1) is 15.0 Å². The number of amides is 1. The van der Waals surface area contributed by atoms with Gasteiger partial charge in [-0.2, -0.15) is 5.10 Å². The first-order valence-electron chi connectivity index (χ1n) is 17.3. The normalized spacial score (nSPS) is 14.6. The number of aryl methyl sites for hydroxylation is 6. The largest absolute Gasteiger partial charge is 0.494 e. The summed E-state index contributed by atoms with van der Waals surface area (Å²) in [5.41, 5.74) is 10.9. The first-order chi connectivity index (χ1) is 24.9. The summed E-state index contributed by atoms with van der Waals surface area (Å²) < 4.78 is 12.4. The zero-order valence-electron chi connectivity index (χ0n) is 30.2. The lowest BCUT2D eigenvalue weighted by Crippen LogP contribution is -2.42. The molecule has 1 unspecified atom stereocenters. The third-order valence-electron chi connectivity index (χ3n) is 10.4. The number of benzene rings is 3. The number of ether oxygens (including phenoxy) is 1. The van der Waals surface area contributed by atoms with Crippen LogP contribution in [0.15, 0.2) is 55.0 Å². The average molecular weight is 737 g/mol. The summed E-state index contributed by atoms with van der Waals surface area (Å²) in [5, 5.41) is 20.2. The van der Waals surface area contributed by atoms with Crippen molar-refractivity contribution in [1.82, 2.24) is 39.1 Å². The van der Waals surface area contributed by atoms with E-state index in [0.717, 1.165) is 83.2 Å². The first-order valence-corrected chi connectivity index (χ1v) is 18.1. The molecule has 0 N–H and O–H groups in total. The molecule has 0 aliphatic carbocycles. The van der Waals surface area contributed by atoms with E-state index in [-0.39, 0.29) is 11.9 Å². The molecule has 266 valence electrons. The zero-order valence-corrected chi connectivity index (χ0v) is 31.7. The molecule has 5 heterocycles.